The van der Waals surface area contributed by atoms with E-state index < -0.39 is 0 Å². The lowest BCUT2D eigenvalue weighted by molar-refractivity contribution is -0.127. The minimum Gasteiger partial charge on any atom is -0.483 e. The summed E-state index contributed by atoms with van der Waals surface area (Å²) in [6.07, 6.45) is 8.20. The highest BCUT2D eigenvalue weighted by Crippen LogP contribution is 2.61. The number of para-hydroxylation sites is 1. The lowest BCUT2D eigenvalue weighted by atomic mass is 9.48. The molecule has 0 unspecified atom stereocenters. The second-order valence-corrected chi connectivity index (χ2v) is 9.72. The van der Waals surface area contributed by atoms with Crippen molar-refractivity contribution in [3.05, 3.63) is 54.6 Å². The van der Waals surface area contributed by atoms with E-state index in [1.807, 2.05) is 42.5 Å². The van der Waals surface area contributed by atoms with Crippen LogP contribution in [-0.2, 0) is 4.79 Å². The van der Waals surface area contributed by atoms with Gasteiger partial charge < -0.3 is 10.1 Å². The molecule has 4 aliphatic rings. The van der Waals surface area contributed by atoms with Gasteiger partial charge in [-0.2, -0.15) is 0 Å². The summed E-state index contributed by atoms with van der Waals surface area (Å²) in [4.78, 5) is 12.7. The highest BCUT2D eigenvalue weighted by molar-refractivity contribution is 5.78. The number of ether oxygens (including phenoxy) is 1. The van der Waals surface area contributed by atoms with Crippen molar-refractivity contribution >= 4 is 5.91 Å². The first-order chi connectivity index (χ1) is 14.1. The molecule has 0 aliphatic heterocycles. The fourth-order valence-corrected chi connectivity index (χ4v) is 6.74. The molecule has 1 atom stereocenters. The van der Waals surface area contributed by atoms with E-state index in [4.69, 9.17) is 4.74 Å². The third-order valence-electron chi connectivity index (χ3n) is 7.71. The van der Waals surface area contributed by atoms with Crippen LogP contribution in [0, 0.1) is 23.2 Å². The van der Waals surface area contributed by atoms with E-state index in [2.05, 4.69) is 24.4 Å². The topological polar surface area (TPSA) is 38.3 Å². The average Bonchev–Trinajstić information content (AvgIpc) is 2.72. The van der Waals surface area contributed by atoms with Crippen molar-refractivity contribution in [1.82, 2.24) is 5.32 Å². The van der Waals surface area contributed by atoms with Crippen molar-refractivity contribution in [3.8, 4) is 16.9 Å². The zero-order valence-electron chi connectivity index (χ0n) is 17.3. The van der Waals surface area contributed by atoms with Crippen LogP contribution in [0.25, 0.3) is 11.1 Å². The van der Waals surface area contributed by atoms with Crippen LogP contribution in [0.15, 0.2) is 54.6 Å². The van der Waals surface area contributed by atoms with Crippen molar-refractivity contribution in [2.45, 2.75) is 51.5 Å². The summed E-state index contributed by atoms with van der Waals surface area (Å²) in [5.74, 6) is 3.45. The predicted octanol–water partition coefficient (Wildman–Crippen LogP) is 5.45. The number of amides is 1. The Morgan fingerprint density at radius 1 is 0.966 bits per heavy atom. The molecule has 4 saturated carbocycles. The van der Waals surface area contributed by atoms with Gasteiger partial charge in [0.1, 0.15) is 5.75 Å². The monoisotopic (exact) mass is 389 g/mol. The quantitative estimate of drug-likeness (QED) is 0.713. The SMILES string of the molecule is C[C@H](NC(=O)COc1ccccc1-c1ccccc1)C12CC3CC(CC(C3)C1)C2. The number of carbonyl (C=O) groups is 1. The van der Waals surface area contributed by atoms with Crippen molar-refractivity contribution in [1.29, 1.82) is 0 Å². The number of nitrogens with one attached hydrogen (secondary N) is 1. The zero-order valence-corrected chi connectivity index (χ0v) is 17.3. The molecule has 0 aromatic heterocycles. The van der Waals surface area contributed by atoms with E-state index in [-0.39, 0.29) is 18.6 Å². The van der Waals surface area contributed by atoms with Gasteiger partial charge in [0.05, 0.1) is 0 Å². The molecule has 0 spiro atoms. The molecule has 1 N–H and O–H groups in total. The third kappa shape index (κ3) is 3.68. The molecule has 4 aliphatic carbocycles. The van der Waals surface area contributed by atoms with Gasteiger partial charge in [-0.3, -0.25) is 4.79 Å². The van der Waals surface area contributed by atoms with Gasteiger partial charge in [-0.25, -0.2) is 0 Å². The fourth-order valence-electron chi connectivity index (χ4n) is 6.74. The predicted molar refractivity (Wildman–Crippen MR) is 116 cm³/mol. The molecular weight excluding hydrogens is 358 g/mol. The van der Waals surface area contributed by atoms with Gasteiger partial charge in [-0.15, -0.1) is 0 Å². The molecule has 3 heteroatoms. The van der Waals surface area contributed by atoms with Crippen LogP contribution in [0.2, 0.25) is 0 Å². The number of rotatable bonds is 6. The second-order valence-electron chi connectivity index (χ2n) is 9.72. The molecule has 0 radical (unpaired) electrons. The van der Waals surface area contributed by atoms with Crippen LogP contribution < -0.4 is 10.1 Å². The van der Waals surface area contributed by atoms with Crippen LogP contribution in [0.1, 0.15) is 45.4 Å². The molecular formula is C26H31NO2. The molecule has 2 aromatic rings. The molecule has 29 heavy (non-hydrogen) atoms. The second kappa shape index (κ2) is 7.51. The van der Waals surface area contributed by atoms with E-state index in [1.54, 1.807) is 0 Å². The summed E-state index contributed by atoms with van der Waals surface area (Å²) in [5.41, 5.74) is 2.45. The van der Waals surface area contributed by atoms with Gasteiger partial charge in [0.2, 0.25) is 0 Å². The lowest BCUT2D eigenvalue weighted by Crippen LogP contribution is -2.56. The summed E-state index contributed by atoms with van der Waals surface area (Å²) in [6, 6.07) is 18.4. The van der Waals surface area contributed by atoms with E-state index in [1.165, 1.54) is 38.5 Å². The fraction of sp³-hybridized carbons (Fsp3) is 0.500. The Morgan fingerprint density at radius 2 is 1.55 bits per heavy atom. The van der Waals surface area contributed by atoms with Crippen molar-refractivity contribution < 1.29 is 9.53 Å². The molecule has 3 nitrogen and oxygen atoms in total. The van der Waals surface area contributed by atoms with Crippen LogP contribution in [-0.4, -0.2) is 18.6 Å². The van der Waals surface area contributed by atoms with E-state index in [0.29, 0.717) is 5.41 Å². The molecule has 4 fully saturated rings. The third-order valence-corrected chi connectivity index (χ3v) is 7.71. The Morgan fingerprint density at radius 3 is 2.21 bits per heavy atom. The zero-order chi connectivity index (χ0) is 19.8. The number of carbonyl (C=O) groups excluding carboxylic acids is 1. The highest BCUT2D eigenvalue weighted by atomic mass is 16.5. The maximum absolute atomic E-state index is 12.7. The number of hydrogen-bond donors (Lipinski definition) is 1. The maximum Gasteiger partial charge on any atom is 0.258 e. The first-order valence-corrected chi connectivity index (χ1v) is 11.2. The van der Waals surface area contributed by atoms with Gasteiger partial charge in [0.15, 0.2) is 6.61 Å². The van der Waals surface area contributed by atoms with Crippen LogP contribution in [0.3, 0.4) is 0 Å². The van der Waals surface area contributed by atoms with Gasteiger partial charge in [0, 0.05) is 11.6 Å². The first-order valence-electron chi connectivity index (χ1n) is 11.2. The molecule has 0 heterocycles. The van der Waals surface area contributed by atoms with Crippen molar-refractivity contribution in [2.75, 3.05) is 6.61 Å². The summed E-state index contributed by atoms with van der Waals surface area (Å²) >= 11 is 0. The lowest BCUT2D eigenvalue weighted by Gasteiger charge is -2.59. The summed E-state index contributed by atoms with van der Waals surface area (Å²) in [5, 5.41) is 3.30. The smallest absolute Gasteiger partial charge is 0.258 e. The van der Waals surface area contributed by atoms with Crippen LogP contribution in [0.5, 0.6) is 5.75 Å². The molecule has 6 rings (SSSR count). The maximum atomic E-state index is 12.7. The Bertz CT molecular complexity index is 840. The summed E-state index contributed by atoms with van der Waals surface area (Å²) in [6.45, 7) is 2.30. The van der Waals surface area contributed by atoms with Gasteiger partial charge in [-0.05, 0) is 80.2 Å². The first kappa shape index (κ1) is 18.7. The normalized spacial score (nSPS) is 30.7. The summed E-state index contributed by atoms with van der Waals surface area (Å²) < 4.78 is 5.96. The molecule has 1 amide bonds. The summed E-state index contributed by atoms with van der Waals surface area (Å²) in [7, 11) is 0. The van der Waals surface area contributed by atoms with Crippen LogP contribution in [0.4, 0.5) is 0 Å². The number of hydrogen-bond acceptors (Lipinski definition) is 2. The van der Waals surface area contributed by atoms with Crippen LogP contribution >= 0.6 is 0 Å². The number of benzene rings is 2. The molecule has 2 aromatic carbocycles. The van der Waals surface area contributed by atoms with Gasteiger partial charge >= 0.3 is 0 Å². The van der Waals surface area contributed by atoms with Crippen molar-refractivity contribution in [3.63, 3.8) is 0 Å². The molecule has 152 valence electrons. The van der Waals surface area contributed by atoms with Crippen molar-refractivity contribution in [2.24, 2.45) is 23.2 Å². The minimum absolute atomic E-state index is 0.00360. The minimum atomic E-state index is -0.00360. The Hall–Kier alpha value is -2.29. The van der Waals surface area contributed by atoms with Gasteiger partial charge in [0.25, 0.3) is 5.91 Å². The van der Waals surface area contributed by atoms with Gasteiger partial charge in [-0.1, -0.05) is 48.5 Å². The Labute approximate surface area is 173 Å². The van der Waals surface area contributed by atoms with E-state index >= 15 is 0 Å². The molecule has 0 saturated heterocycles. The Balaban J connectivity index is 1.22. The average molecular weight is 390 g/mol. The molecule has 4 bridgehead atoms. The van der Waals surface area contributed by atoms with E-state index in [9.17, 15) is 4.79 Å². The standard InChI is InChI=1S/C26H31NO2/c1-18(26-14-19-11-20(15-26)13-21(12-19)16-26)27-25(28)17-29-24-10-6-5-9-23(24)22-7-3-2-4-8-22/h2-10,18-21H,11-17H2,1H3,(H,27,28)/t18-,19?,20?,21?,26?/m0/s1. The largest absolute Gasteiger partial charge is 0.483 e. The Kier molecular flexibility index (Phi) is 4.85. The highest BCUT2D eigenvalue weighted by Gasteiger charge is 2.53. The van der Waals surface area contributed by atoms with E-state index in [0.717, 1.165) is 34.6 Å².